The molecule has 0 aliphatic carbocycles. The van der Waals surface area contributed by atoms with E-state index in [1.54, 1.807) is 24.3 Å². The van der Waals surface area contributed by atoms with Gasteiger partial charge in [0.05, 0.1) is 11.8 Å². The van der Waals surface area contributed by atoms with E-state index in [1.807, 2.05) is 4.72 Å². The number of rotatable bonds is 4. The van der Waals surface area contributed by atoms with Crippen LogP contribution in [0.4, 0.5) is 5.69 Å². The SMILES string of the molecule is O=C(O)c1ccccc1Cc1ccc(N2C=C(O)NS2(=O)=O)c(O)c1. The lowest BCUT2D eigenvalue weighted by molar-refractivity contribution is 0.0696. The number of carbonyl (C=O) groups is 1. The maximum absolute atomic E-state index is 11.8. The fourth-order valence-corrected chi connectivity index (χ4v) is 3.62. The molecule has 1 aliphatic heterocycles. The van der Waals surface area contributed by atoms with Crippen LogP contribution < -0.4 is 9.03 Å². The Morgan fingerprint density at radius 2 is 1.84 bits per heavy atom. The Hall–Kier alpha value is -3.20. The van der Waals surface area contributed by atoms with E-state index in [-0.39, 0.29) is 23.4 Å². The number of anilines is 1. The van der Waals surface area contributed by atoms with Crippen LogP contribution in [-0.2, 0) is 16.6 Å². The summed E-state index contributed by atoms with van der Waals surface area (Å²) in [4.78, 5) is 11.2. The molecule has 0 bridgehead atoms. The summed E-state index contributed by atoms with van der Waals surface area (Å²) in [6.07, 6.45) is 1.19. The quantitative estimate of drug-likeness (QED) is 0.655. The third-order valence-electron chi connectivity index (χ3n) is 3.65. The predicted molar refractivity (Wildman–Crippen MR) is 89.6 cm³/mol. The Kier molecular flexibility index (Phi) is 4.01. The van der Waals surface area contributed by atoms with Gasteiger partial charge in [-0.3, -0.25) is 0 Å². The second-order valence-corrected chi connectivity index (χ2v) is 6.93. The number of benzene rings is 2. The number of hydrogen-bond donors (Lipinski definition) is 4. The number of nitrogens with zero attached hydrogens (tertiary/aromatic N) is 1. The van der Waals surface area contributed by atoms with Crippen molar-refractivity contribution in [1.29, 1.82) is 0 Å². The minimum absolute atomic E-state index is 0.0354. The van der Waals surface area contributed by atoms with Crippen LogP contribution >= 0.6 is 0 Å². The predicted octanol–water partition coefficient (Wildman–Crippen LogP) is 1.69. The lowest BCUT2D eigenvalue weighted by Crippen LogP contribution is -2.29. The summed E-state index contributed by atoms with van der Waals surface area (Å²) in [6.45, 7) is 0. The van der Waals surface area contributed by atoms with Gasteiger partial charge < -0.3 is 15.3 Å². The number of nitrogens with one attached hydrogen (secondary N) is 1. The summed E-state index contributed by atoms with van der Waals surface area (Å²) < 4.78 is 26.3. The fraction of sp³-hybridized carbons (Fsp3) is 0.0625. The van der Waals surface area contributed by atoms with Gasteiger partial charge in [-0.15, -0.1) is 0 Å². The topological polar surface area (TPSA) is 127 Å². The highest BCUT2D eigenvalue weighted by molar-refractivity contribution is 7.91. The van der Waals surface area contributed by atoms with Gasteiger partial charge in [0.1, 0.15) is 11.4 Å². The Morgan fingerprint density at radius 3 is 2.44 bits per heavy atom. The van der Waals surface area contributed by atoms with Crippen molar-refractivity contribution in [3.8, 4) is 5.75 Å². The fourth-order valence-electron chi connectivity index (χ4n) is 2.56. The van der Waals surface area contributed by atoms with Gasteiger partial charge in [-0.05, 0) is 35.7 Å². The second kappa shape index (κ2) is 6.02. The van der Waals surface area contributed by atoms with E-state index in [0.29, 0.717) is 15.4 Å². The monoisotopic (exact) mass is 362 g/mol. The van der Waals surface area contributed by atoms with Gasteiger partial charge in [-0.1, -0.05) is 24.3 Å². The standard InChI is InChI=1S/C16H14N2O6S/c19-14-8-10(7-11-3-1-2-4-12(11)16(21)22)5-6-13(14)18-9-15(20)17-25(18,23)24/h1-6,8-9,17,19-20H,7H2,(H,21,22). The first-order valence-corrected chi connectivity index (χ1v) is 8.58. The lowest BCUT2D eigenvalue weighted by Gasteiger charge is -2.16. The van der Waals surface area contributed by atoms with E-state index < -0.39 is 22.1 Å². The molecule has 2 aromatic carbocycles. The molecule has 4 N–H and O–H groups in total. The molecule has 0 aromatic heterocycles. The van der Waals surface area contributed by atoms with Crippen molar-refractivity contribution in [2.24, 2.45) is 0 Å². The van der Waals surface area contributed by atoms with Crippen LogP contribution in [0.2, 0.25) is 0 Å². The van der Waals surface area contributed by atoms with Crippen molar-refractivity contribution < 1.29 is 28.5 Å². The van der Waals surface area contributed by atoms with E-state index in [4.69, 9.17) is 0 Å². The first-order chi connectivity index (χ1) is 11.8. The zero-order valence-electron chi connectivity index (χ0n) is 12.7. The van der Waals surface area contributed by atoms with Gasteiger partial charge in [-0.25, -0.2) is 13.8 Å². The van der Waals surface area contributed by atoms with Gasteiger partial charge in [-0.2, -0.15) is 8.42 Å². The highest BCUT2D eigenvalue weighted by Crippen LogP contribution is 2.33. The van der Waals surface area contributed by atoms with Crippen LogP contribution in [-0.4, -0.2) is 29.7 Å². The molecule has 0 radical (unpaired) electrons. The zero-order valence-corrected chi connectivity index (χ0v) is 13.6. The number of aromatic hydroxyl groups is 1. The highest BCUT2D eigenvalue weighted by atomic mass is 32.2. The van der Waals surface area contributed by atoms with E-state index in [1.165, 1.54) is 18.2 Å². The molecule has 8 nitrogen and oxygen atoms in total. The number of phenols is 1. The number of phenolic OH excluding ortho intramolecular Hbond substituents is 1. The van der Waals surface area contributed by atoms with Crippen LogP contribution in [0, 0.1) is 0 Å². The Balaban J connectivity index is 1.93. The molecule has 0 saturated heterocycles. The van der Waals surface area contributed by atoms with Gasteiger partial charge in [0.15, 0.2) is 0 Å². The van der Waals surface area contributed by atoms with Gasteiger partial charge in [0, 0.05) is 0 Å². The molecular formula is C16H14N2O6S. The molecule has 0 atom stereocenters. The second-order valence-electron chi connectivity index (χ2n) is 5.38. The maximum Gasteiger partial charge on any atom is 0.335 e. The van der Waals surface area contributed by atoms with E-state index >= 15 is 0 Å². The number of aliphatic hydroxyl groups is 1. The molecule has 0 fully saturated rings. The number of carboxylic acids is 1. The molecule has 1 heterocycles. The molecule has 2 aromatic rings. The minimum Gasteiger partial charge on any atom is -0.506 e. The van der Waals surface area contributed by atoms with Crippen LogP contribution in [0.25, 0.3) is 0 Å². The molecule has 0 unspecified atom stereocenters. The highest BCUT2D eigenvalue weighted by Gasteiger charge is 2.30. The van der Waals surface area contributed by atoms with Crippen molar-refractivity contribution in [2.75, 3.05) is 4.31 Å². The summed E-state index contributed by atoms with van der Waals surface area (Å²) >= 11 is 0. The molecule has 9 heteroatoms. The average Bonchev–Trinajstić information content (AvgIpc) is 2.80. The van der Waals surface area contributed by atoms with Crippen LogP contribution in [0.5, 0.6) is 5.75 Å². The zero-order chi connectivity index (χ0) is 18.2. The Labute approximate surface area is 143 Å². The van der Waals surface area contributed by atoms with Crippen molar-refractivity contribution in [3.63, 3.8) is 0 Å². The third kappa shape index (κ3) is 3.22. The molecular weight excluding hydrogens is 348 g/mol. The van der Waals surface area contributed by atoms with Gasteiger partial charge in [0.25, 0.3) is 0 Å². The van der Waals surface area contributed by atoms with Crippen LogP contribution in [0.3, 0.4) is 0 Å². The number of hydrogen-bond acceptors (Lipinski definition) is 5. The number of aliphatic hydroxyl groups excluding tert-OH is 1. The molecule has 3 rings (SSSR count). The van der Waals surface area contributed by atoms with Crippen molar-refractivity contribution >= 4 is 21.9 Å². The average molecular weight is 362 g/mol. The van der Waals surface area contributed by atoms with Gasteiger partial charge in [0.2, 0.25) is 5.88 Å². The van der Waals surface area contributed by atoms with Gasteiger partial charge >= 0.3 is 16.2 Å². The summed E-state index contributed by atoms with van der Waals surface area (Å²) in [7, 11) is -4.00. The van der Waals surface area contributed by atoms with Crippen molar-refractivity contribution in [1.82, 2.24) is 4.72 Å². The smallest absolute Gasteiger partial charge is 0.335 e. The minimum atomic E-state index is -4.00. The summed E-state index contributed by atoms with van der Waals surface area (Å²) in [5.41, 5.74) is 1.29. The largest absolute Gasteiger partial charge is 0.506 e. The first-order valence-electron chi connectivity index (χ1n) is 7.14. The lowest BCUT2D eigenvalue weighted by atomic mass is 9.99. The molecule has 1 aliphatic rings. The van der Waals surface area contributed by atoms with E-state index in [9.17, 15) is 28.5 Å². The Bertz CT molecular complexity index is 984. The van der Waals surface area contributed by atoms with Crippen LogP contribution in [0.15, 0.2) is 54.5 Å². The normalized spacial score (nSPS) is 15.5. The summed E-state index contributed by atoms with van der Waals surface area (Å²) in [6, 6.07) is 10.8. The van der Waals surface area contributed by atoms with Crippen molar-refractivity contribution in [3.05, 3.63) is 71.2 Å². The van der Waals surface area contributed by atoms with Crippen LogP contribution in [0.1, 0.15) is 21.5 Å². The number of carboxylic acid groups (broad SMARTS) is 1. The molecule has 0 amide bonds. The first kappa shape index (κ1) is 16.7. The molecule has 25 heavy (non-hydrogen) atoms. The maximum atomic E-state index is 11.8. The molecule has 0 spiro atoms. The van der Waals surface area contributed by atoms with E-state index in [2.05, 4.69) is 0 Å². The Morgan fingerprint density at radius 1 is 1.12 bits per heavy atom. The number of aromatic carboxylic acids is 1. The summed E-state index contributed by atoms with van der Waals surface area (Å²) in [5.74, 6) is -1.92. The third-order valence-corrected chi connectivity index (χ3v) is 4.94. The summed E-state index contributed by atoms with van der Waals surface area (Å²) in [5, 5.41) is 28.7. The van der Waals surface area contributed by atoms with E-state index in [0.717, 1.165) is 6.20 Å². The molecule has 0 saturated carbocycles. The van der Waals surface area contributed by atoms with Crippen molar-refractivity contribution in [2.45, 2.75) is 6.42 Å². The molecule has 130 valence electrons.